The quantitative estimate of drug-likeness (QED) is 0.498. The van der Waals surface area contributed by atoms with E-state index in [9.17, 15) is 0 Å². The van der Waals surface area contributed by atoms with Crippen LogP contribution in [0.2, 0.25) is 0 Å². The normalized spacial score (nSPS) is 33.8. The Bertz CT molecular complexity index is 265. The second kappa shape index (κ2) is 4.54. The second-order valence-corrected chi connectivity index (χ2v) is 4.55. The molecule has 1 aliphatic rings. The Morgan fingerprint density at radius 2 is 2.31 bits per heavy atom. The van der Waals surface area contributed by atoms with E-state index in [1.54, 1.807) is 6.08 Å². The molecule has 2 unspecified atom stereocenters. The number of alkyl halides is 2. The van der Waals surface area contributed by atoms with E-state index >= 15 is 0 Å². The lowest BCUT2D eigenvalue weighted by Crippen LogP contribution is -2.32. The summed E-state index contributed by atoms with van der Waals surface area (Å²) in [6.07, 6.45) is 10.1. The van der Waals surface area contributed by atoms with Crippen LogP contribution in [0.25, 0.3) is 0 Å². The zero-order valence-electron chi connectivity index (χ0n) is 7.31. The van der Waals surface area contributed by atoms with Gasteiger partial charge in [0, 0.05) is 5.03 Å². The minimum absolute atomic E-state index is 0.336. The van der Waals surface area contributed by atoms with E-state index in [1.807, 2.05) is 31.2 Å². The first-order chi connectivity index (χ1) is 6.10. The van der Waals surface area contributed by atoms with Crippen molar-refractivity contribution in [2.45, 2.75) is 23.6 Å². The minimum Gasteiger partial charge on any atom is -0.115 e. The van der Waals surface area contributed by atoms with Crippen LogP contribution in [0.1, 0.15) is 13.3 Å². The van der Waals surface area contributed by atoms with E-state index in [4.69, 9.17) is 34.8 Å². The first kappa shape index (κ1) is 11.2. The minimum atomic E-state index is -0.570. The Labute approximate surface area is 93.9 Å². The Balaban J connectivity index is 2.80. The zero-order chi connectivity index (χ0) is 9.90. The molecule has 0 N–H and O–H groups in total. The van der Waals surface area contributed by atoms with Gasteiger partial charge < -0.3 is 0 Å². The van der Waals surface area contributed by atoms with Crippen LogP contribution in [0.15, 0.2) is 35.4 Å². The molecule has 0 radical (unpaired) electrons. The fraction of sp³-hybridized carbons (Fsp3) is 0.400. The van der Waals surface area contributed by atoms with Crippen molar-refractivity contribution in [1.82, 2.24) is 0 Å². The largest absolute Gasteiger partial charge is 0.115 e. The molecule has 2 atom stereocenters. The third-order valence-corrected chi connectivity index (χ3v) is 3.65. The summed E-state index contributed by atoms with van der Waals surface area (Å²) in [5.74, 6) is 0. The maximum Gasteiger partial charge on any atom is 0.0921 e. The molecule has 1 aliphatic carbocycles. The molecule has 0 nitrogen and oxygen atoms in total. The van der Waals surface area contributed by atoms with E-state index in [-0.39, 0.29) is 5.38 Å². The smallest absolute Gasteiger partial charge is 0.0921 e. The molecule has 0 aromatic heterocycles. The summed E-state index contributed by atoms with van der Waals surface area (Å²) in [5, 5.41) is 0.265. The summed E-state index contributed by atoms with van der Waals surface area (Å²) in [4.78, 5) is -0.570. The van der Waals surface area contributed by atoms with E-state index in [1.165, 1.54) is 0 Å². The van der Waals surface area contributed by atoms with Crippen molar-refractivity contribution in [1.29, 1.82) is 0 Å². The van der Waals surface area contributed by atoms with Gasteiger partial charge in [-0.2, -0.15) is 0 Å². The fourth-order valence-corrected chi connectivity index (χ4v) is 2.01. The highest BCUT2D eigenvalue weighted by atomic mass is 35.5. The summed E-state index contributed by atoms with van der Waals surface area (Å²) in [7, 11) is 0. The average Bonchev–Trinajstić information content (AvgIpc) is 2.11. The van der Waals surface area contributed by atoms with Gasteiger partial charge in [-0.15, -0.1) is 23.2 Å². The number of hydrogen-bond acceptors (Lipinski definition) is 0. The van der Waals surface area contributed by atoms with Crippen molar-refractivity contribution in [3.8, 4) is 0 Å². The Hall–Kier alpha value is 0.0900. The second-order valence-electron chi connectivity index (χ2n) is 2.97. The van der Waals surface area contributed by atoms with Gasteiger partial charge in [-0.25, -0.2) is 0 Å². The number of halogens is 3. The van der Waals surface area contributed by atoms with Gasteiger partial charge >= 0.3 is 0 Å². The molecule has 0 aromatic rings. The molecule has 0 amide bonds. The van der Waals surface area contributed by atoms with Gasteiger partial charge in [0.1, 0.15) is 0 Å². The lowest BCUT2D eigenvalue weighted by Gasteiger charge is -2.29. The lowest BCUT2D eigenvalue weighted by molar-refractivity contribution is 0.713. The molecule has 0 fully saturated rings. The van der Waals surface area contributed by atoms with Crippen LogP contribution in [-0.4, -0.2) is 10.3 Å². The van der Waals surface area contributed by atoms with Crippen molar-refractivity contribution in [2.24, 2.45) is 0 Å². The molecule has 0 aliphatic heterocycles. The van der Waals surface area contributed by atoms with Crippen molar-refractivity contribution < 1.29 is 0 Å². The van der Waals surface area contributed by atoms with Crippen molar-refractivity contribution in [2.75, 3.05) is 0 Å². The van der Waals surface area contributed by atoms with Gasteiger partial charge in [0.05, 0.1) is 10.3 Å². The Morgan fingerprint density at radius 1 is 1.62 bits per heavy atom. The van der Waals surface area contributed by atoms with Crippen LogP contribution >= 0.6 is 34.8 Å². The molecule has 1 rings (SSSR count). The van der Waals surface area contributed by atoms with Crippen LogP contribution in [0.4, 0.5) is 0 Å². The van der Waals surface area contributed by atoms with Gasteiger partial charge in [0.25, 0.3) is 0 Å². The number of hydrogen-bond donors (Lipinski definition) is 0. The molecular formula is C10H11Cl3. The highest BCUT2D eigenvalue weighted by Gasteiger charge is 2.35. The molecule has 0 bridgehead atoms. The van der Waals surface area contributed by atoms with Crippen LogP contribution in [0.5, 0.6) is 0 Å². The number of rotatable bonds is 2. The van der Waals surface area contributed by atoms with Crippen molar-refractivity contribution >= 4 is 34.8 Å². The van der Waals surface area contributed by atoms with Crippen LogP contribution in [-0.2, 0) is 0 Å². The fourth-order valence-electron chi connectivity index (χ4n) is 1.17. The first-order valence-electron chi connectivity index (χ1n) is 4.09. The summed E-state index contributed by atoms with van der Waals surface area (Å²) in [6, 6.07) is 0. The lowest BCUT2D eigenvalue weighted by atomic mass is 9.95. The van der Waals surface area contributed by atoms with Crippen LogP contribution in [0.3, 0.4) is 0 Å². The highest BCUT2D eigenvalue weighted by Crippen LogP contribution is 2.38. The van der Waals surface area contributed by atoms with Gasteiger partial charge in [-0.3, -0.25) is 0 Å². The zero-order valence-corrected chi connectivity index (χ0v) is 9.57. The van der Waals surface area contributed by atoms with E-state index in [0.29, 0.717) is 11.5 Å². The Morgan fingerprint density at radius 3 is 2.92 bits per heavy atom. The predicted octanol–water partition coefficient (Wildman–Crippen LogP) is 4.23. The van der Waals surface area contributed by atoms with Crippen LogP contribution < -0.4 is 0 Å². The summed E-state index contributed by atoms with van der Waals surface area (Å²) >= 11 is 18.3. The monoisotopic (exact) mass is 236 g/mol. The van der Waals surface area contributed by atoms with Crippen molar-refractivity contribution in [3.05, 3.63) is 35.4 Å². The maximum absolute atomic E-state index is 6.30. The molecule has 3 heteroatoms. The van der Waals surface area contributed by atoms with Gasteiger partial charge in [-0.1, -0.05) is 35.9 Å². The molecule has 0 saturated carbocycles. The van der Waals surface area contributed by atoms with E-state index in [2.05, 4.69) is 0 Å². The molecular weight excluding hydrogens is 226 g/mol. The molecule has 0 heterocycles. The van der Waals surface area contributed by atoms with Gasteiger partial charge in [0.2, 0.25) is 0 Å². The molecule has 72 valence electrons. The maximum atomic E-state index is 6.30. The topological polar surface area (TPSA) is 0 Å². The third-order valence-electron chi connectivity index (χ3n) is 1.96. The van der Waals surface area contributed by atoms with E-state index < -0.39 is 4.87 Å². The molecule has 0 aromatic carbocycles. The molecule has 0 spiro atoms. The Kier molecular flexibility index (Phi) is 3.90. The van der Waals surface area contributed by atoms with Gasteiger partial charge in [-0.05, 0) is 19.4 Å². The predicted molar refractivity (Wildman–Crippen MR) is 60.7 cm³/mol. The van der Waals surface area contributed by atoms with Gasteiger partial charge in [0.15, 0.2) is 0 Å². The summed E-state index contributed by atoms with van der Waals surface area (Å²) < 4.78 is 0. The van der Waals surface area contributed by atoms with Crippen LogP contribution in [0, 0.1) is 0 Å². The third kappa shape index (κ3) is 2.52. The standard InChI is InChI=1S/C10H11Cl3/c1-2-3-6-10(13)7-4-5-8(11)9(10)12/h2-5,7,9H,6H2,1H3. The SMILES string of the molecule is CC=CCC1(Cl)C=CC=C(Cl)C1Cl. The average molecular weight is 238 g/mol. The number of allylic oxidation sites excluding steroid dienone is 6. The van der Waals surface area contributed by atoms with E-state index in [0.717, 1.165) is 0 Å². The van der Waals surface area contributed by atoms with Crippen molar-refractivity contribution in [3.63, 3.8) is 0 Å². The molecule has 0 saturated heterocycles. The molecule has 13 heavy (non-hydrogen) atoms. The first-order valence-corrected chi connectivity index (χ1v) is 5.28. The highest BCUT2D eigenvalue weighted by molar-refractivity contribution is 6.42. The summed E-state index contributed by atoms with van der Waals surface area (Å²) in [5.41, 5.74) is 0. The summed E-state index contributed by atoms with van der Waals surface area (Å²) in [6.45, 7) is 1.95.